The zero-order chi connectivity index (χ0) is 16.5. The Hall–Kier alpha value is -2.95. The molecule has 24 heavy (non-hydrogen) atoms. The van der Waals surface area contributed by atoms with Crippen LogP contribution in [-0.4, -0.2) is 27.4 Å². The maximum atomic E-state index is 12.9. The van der Waals surface area contributed by atoms with E-state index in [2.05, 4.69) is 23.2 Å². The normalized spacial score (nSPS) is 13.6. The molecule has 0 spiro atoms. The standard InChI is InChI=1S/C19H18N4O/c1-14-9-10-18-15(12-14)6-5-11-22(18)19(24)17-13-20-23(21-17)16-7-3-2-4-8-16/h2-4,7-10,12-13H,5-6,11H2,1H3. The summed E-state index contributed by atoms with van der Waals surface area (Å²) in [6.07, 6.45) is 3.52. The highest BCUT2D eigenvalue weighted by molar-refractivity contribution is 6.05. The van der Waals surface area contributed by atoms with Crippen molar-refractivity contribution < 1.29 is 4.79 Å². The molecular weight excluding hydrogens is 300 g/mol. The lowest BCUT2D eigenvalue weighted by atomic mass is 9.99. The van der Waals surface area contributed by atoms with Crippen LogP contribution in [-0.2, 0) is 6.42 Å². The number of carbonyl (C=O) groups is 1. The Morgan fingerprint density at radius 3 is 2.79 bits per heavy atom. The molecule has 0 aliphatic carbocycles. The average molecular weight is 318 g/mol. The number of hydrogen-bond acceptors (Lipinski definition) is 3. The number of aromatic nitrogens is 3. The van der Waals surface area contributed by atoms with Crippen LogP contribution in [0.15, 0.2) is 54.7 Å². The van der Waals surface area contributed by atoms with Gasteiger partial charge in [0, 0.05) is 12.2 Å². The minimum absolute atomic E-state index is 0.0954. The Bertz CT molecular complexity index is 885. The minimum atomic E-state index is -0.0954. The van der Waals surface area contributed by atoms with Gasteiger partial charge >= 0.3 is 0 Å². The average Bonchev–Trinajstić information content (AvgIpc) is 3.11. The predicted molar refractivity (Wildman–Crippen MR) is 92.5 cm³/mol. The first-order valence-corrected chi connectivity index (χ1v) is 8.11. The number of fused-ring (bicyclic) bond motifs is 1. The minimum Gasteiger partial charge on any atom is -0.307 e. The van der Waals surface area contributed by atoms with E-state index in [-0.39, 0.29) is 5.91 Å². The van der Waals surface area contributed by atoms with Gasteiger partial charge in [0.2, 0.25) is 0 Å². The Labute approximate surface area is 140 Å². The van der Waals surface area contributed by atoms with Gasteiger partial charge in [0.15, 0.2) is 5.69 Å². The molecule has 1 aliphatic rings. The number of aryl methyl sites for hydroxylation is 2. The van der Waals surface area contributed by atoms with Crippen molar-refractivity contribution in [2.75, 3.05) is 11.4 Å². The first-order chi connectivity index (χ1) is 11.7. The molecule has 1 amide bonds. The number of benzene rings is 2. The summed E-state index contributed by atoms with van der Waals surface area (Å²) < 4.78 is 0. The van der Waals surface area contributed by atoms with E-state index < -0.39 is 0 Å². The molecule has 2 heterocycles. The Balaban J connectivity index is 1.65. The first-order valence-electron chi connectivity index (χ1n) is 8.11. The lowest BCUT2D eigenvalue weighted by molar-refractivity contribution is 0.0980. The summed E-state index contributed by atoms with van der Waals surface area (Å²) in [4.78, 5) is 16.2. The highest BCUT2D eigenvalue weighted by Gasteiger charge is 2.25. The van der Waals surface area contributed by atoms with E-state index in [9.17, 15) is 4.79 Å². The van der Waals surface area contributed by atoms with Gasteiger partial charge in [-0.3, -0.25) is 4.79 Å². The summed E-state index contributed by atoms with van der Waals surface area (Å²) in [7, 11) is 0. The van der Waals surface area contributed by atoms with Crippen molar-refractivity contribution in [3.05, 3.63) is 71.5 Å². The van der Waals surface area contributed by atoms with Crippen LogP contribution in [0.3, 0.4) is 0 Å². The van der Waals surface area contributed by atoms with E-state index in [0.29, 0.717) is 12.2 Å². The third-order valence-electron chi connectivity index (χ3n) is 4.30. The molecule has 5 heteroatoms. The van der Waals surface area contributed by atoms with E-state index in [4.69, 9.17) is 0 Å². The summed E-state index contributed by atoms with van der Waals surface area (Å²) in [6, 6.07) is 15.8. The van der Waals surface area contributed by atoms with Crippen molar-refractivity contribution >= 4 is 11.6 Å². The van der Waals surface area contributed by atoms with Gasteiger partial charge in [-0.05, 0) is 43.5 Å². The van der Waals surface area contributed by atoms with E-state index >= 15 is 0 Å². The lowest BCUT2D eigenvalue weighted by Gasteiger charge is -2.29. The van der Waals surface area contributed by atoms with Crippen LogP contribution in [0.1, 0.15) is 28.0 Å². The summed E-state index contributed by atoms with van der Waals surface area (Å²) in [5.41, 5.74) is 4.65. The van der Waals surface area contributed by atoms with Crippen LogP contribution in [0.5, 0.6) is 0 Å². The van der Waals surface area contributed by atoms with Gasteiger partial charge in [-0.2, -0.15) is 9.90 Å². The van der Waals surface area contributed by atoms with Gasteiger partial charge in [0.1, 0.15) is 0 Å². The molecule has 0 bridgehead atoms. The number of amides is 1. The van der Waals surface area contributed by atoms with Crippen molar-refractivity contribution in [1.29, 1.82) is 0 Å². The SMILES string of the molecule is Cc1ccc2c(c1)CCCN2C(=O)c1cnn(-c2ccccc2)n1. The molecule has 0 atom stereocenters. The van der Waals surface area contributed by atoms with Crippen LogP contribution >= 0.6 is 0 Å². The fraction of sp³-hybridized carbons (Fsp3) is 0.211. The van der Waals surface area contributed by atoms with Crippen LogP contribution in [0.25, 0.3) is 5.69 Å². The van der Waals surface area contributed by atoms with Gasteiger partial charge in [0.05, 0.1) is 11.9 Å². The molecule has 0 N–H and O–H groups in total. The molecule has 0 saturated heterocycles. The number of para-hydroxylation sites is 1. The molecule has 1 aromatic heterocycles. The smallest absolute Gasteiger partial charge is 0.280 e. The molecule has 4 rings (SSSR count). The van der Waals surface area contributed by atoms with Crippen LogP contribution in [0.4, 0.5) is 5.69 Å². The highest BCUT2D eigenvalue weighted by Crippen LogP contribution is 2.29. The Morgan fingerprint density at radius 1 is 1.12 bits per heavy atom. The molecule has 0 radical (unpaired) electrons. The van der Waals surface area contributed by atoms with Gasteiger partial charge in [-0.25, -0.2) is 0 Å². The van der Waals surface area contributed by atoms with Gasteiger partial charge < -0.3 is 4.90 Å². The van der Waals surface area contributed by atoms with E-state index in [1.165, 1.54) is 22.1 Å². The first kappa shape index (κ1) is 14.6. The maximum absolute atomic E-state index is 12.9. The lowest BCUT2D eigenvalue weighted by Crippen LogP contribution is -2.35. The summed E-state index contributed by atoms with van der Waals surface area (Å²) in [5.74, 6) is -0.0954. The van der Waals surface area contributed by atoms with Crippen molar-refractivity contribution in [2.45, 2.75) is 19.8 Å². The molecule has 2 aromatic carbocycles. The predicted octanol–water partition coefficient (Wildman–Crippen LogP) is 3.17. The zero-order valence-corrected chi connectivity index (χ0v) is 13.5. The third kappa shape index (κ3) is 2.58. The fourth-order valence-corrected chi connectivity index (χ4v) is 3.12. The maximum Gasteiger partial charge on any atom is 0.280 e. The number of anilines is 1. The quantitative estimate of drug-likeness (QED) is 0.729. The number of hydrogen-bond donors (Lipinski definition) is 0. The molecule has 3 aromatic rings. The van der Waals surface area contributed by atoms with Gasteiger partial charge in [0.25, 0.3) is 5.91 Å². The Kier molecular flexibility index (Phi) is 3.61. The largest absolute Gasteiger partial charge is 0.307 e. The van der Waals surface area contributed by atoms with Crippen LogP contribution in [0.2, 0.25) is 0 Å². The summed E-state index contributed by atoms with van der Waals surface area (Å²) in [6.45, 7) is 2.79. The number of rotatable bonds is 2. The highest BCUT2D eigenvalue weighted by atomic mass is 16.2. The molecule has 1 aliphatic heterocycles. The topological polar surface area (TPSA) is 51.0 Å². The molecular formula is C19H18N4O. The van der Waals surface area contributed by atoms with Crippen LogP contribution in [0, 0.1) is 6.92 Å². The monoisotopic (exact) mass is 318 g/mol. The van der Waals surface area contributed by atoms with E-state index in [1.54, 1.807) is 0 Å². The second-order valence-corrected chi connectivity index (χ2v) is 6.05. The van der Waals surface area contributed by atoms with E-state index in [0.717, 1.165) is 24.2 Å². The number of carbonyl (C=O) groups excluding carboxylic acids is 1. The Morgan fingerprint density at radius 2 is 1.96 bits per heavy atom. The molecule has 0 fully saturated rings. The van der Waals surface area contributed by atoms with E-state index in [1.807, 2.05) is 47.4 Å². The fourth-order valence-electron chi connectivity index (χ4n) is 3.12. The van der Waals surface area contributed by atoms with Crippen molar-refractivity contribution in [3.63, 3.8) is 0 Å². The van der Waals surface area contributed by atoms with Gasteiger partial charge in [-0.1, -0.05) is 35.9 Å². The van der Waals surface area contributed by atoms with Gasteiger partial charge in [-0.15, -0.1) is 5.10 Å². The molecule has 120 valence electrons. The zero-order valence-electron chi connectivity index (χ0n) is 13.5. The molecule has 5 nitrogen and oxygen atoms in total. The molecule has 0 unspecified atom stereocenters. The van der Waals surface area contributed by atoms with Crippen molar-refractivity contribution in [1.82, 2.24) is 15.0 Å². The number of nitrogens with zero attached hydrogens (tertiary/aromatic N) is 4. The van der Waals surface area contributed by atoms with Crippen LogP contribution < -0.4 is 4.90 Å². The molecule has 0 saturated carbocycles. The van der Waals surface area contributed by atoms with Crippen molar-refractivity contribution in [2.24, 2.45) is 0 Å². The van der Waals surface area contributed by atoms with Crippen molar-refractivity contribution in [3.8, 4) is 5.69 Å². The second-order valence-electron chi connectivity index (χ2n) is 6.05. The summed E-state index contributed by atoms with van der Waals surface area (Å²) >= 11 is 0. The second kappa shape index (κ2) is 5.92. The third-order valence-corrected chi connectivity index (χ3v) is 4.30. The summed E-state index contributed by atoms with van der Waals surface area (Å²) in [5, 5.41) is 8.59.